The summed E-state index contributed by atoms with van der Waals surface area (Å²) in [6, 6.07) is 3.71. The molecule has 1 aromatic carbocycles. The van der Waals surface area contributed by atoms with Crippen LogP contribution in [-0.2, 0) is 11.3 Å². The second-order valence-electron chi connectivity index (χ2n) is 4.47. The van der Waals surface area contributed by atoms with Gasteiger partial charge in [-0.1, -0.05) is 0 Å². The van der Waals surface area contributed by atoms with E-state index in [1.165, 1.54) is 17.8 Å². The molecule has 0 aliphatic carbocycles. The quantitative estimate of drug-likeness (QED) is 0.807. The maximum Gasteiger partial charge on any atom is 0.221 e. The molecule has 1 amide bonds. The standard InChI is InChI=1S/C14H15F2N3OS/c1-9-10(8-18-19-9)7-17-14(20)4-5-21-11-2-3-12(15)13(16)6-11/h2-3,6,8H,4-5,7H2,1H3,(H,17,20)(H,18,19). The molecule has 0 bridgehead atoms. The maximum atomic E-state index is 13.0. The van der Waals surface area contributed by atoms with Crippen molar-refractivity contribution in [3.8, 4) is 0 Å². The smallest absolute Gasteiger partial charge is 0.221 e. The molecule has 2 rings (SSSR count). The minimum Gasteiger partial charge on any atom is -0.352 e. The van der Waals surface area contributed by atoms with Crippen molar-refractivity contribution in [1.29, 1.82) is 0 Å². The number of carbonyl (C=O) groups excluding carboxylic acids is 1. The number of rotatable bonds is 6. The molecule has 4 nitrogen and oxygen atoms in total. The van der Waals surface area contributed by atoms with Crippen molar-refractivity contribution in [1.82, 2.24) is 15.5 Å². The van der Waals surface area contributed by atoms with Gasteiger partial charge in [0.05, 0.1) is 6.20 Å². The normalized spacial score (nSPS) is 10.6. The van der Waals surface area contributed by atoms with Gasteiger partial charge in [-0.2, -0.15) is 5.10 Å². The minimum atomic E-state index is -0.875. The molecular formula is C14H15F2N3OS. The second-order valence-corrected chi connectivity index (χ2v) is 5.64. The highest BCUT2D eigenvalue weighted by Crippen LogP contribution is 2.20. The van der Waals surface area contributed by atoms with E-state index in [0.717, 1.165) is 23.4 Å². The monoisotopic (exact) mass is 311 g/mol. The van der Waals surface area contributed by atoms with Crippen molar-refractivity contribution < 1.29 is 13.6 Å². The topological polar surface area (TPSA) is 57.8 Å². The van der Waals surface area contributed by atoms with Gasteiger partial charge in [0.15, 0.2) is 11.6 Å². The molecule has 0 aliphatic rings. The van der Waals surface area contributed by atoms with Crippen molar-refractivity contribution >= 4 is 17.7 Å². The Morgan fingerprint density at radius 2 is 2.19 bits per heavy atom. The number of aromatic amines is 1. The van der Waals surface area contributed by atoms with E-state index in [-0.39, 0.29) is 5.91 Å². The second kappa shape index (κ2) is 7.21. The number of aryl methyl sites for hydroxylation is 1. The molecule has 0 unspecified atom stereocenters. The summed E-state index contributed by atoms with van der Waals surface area (Å²) in [5, 5.41) is 9.45. The number of halogens is 2. The number of H-pyrrole nitrogens is 1. The predicted octanol–water partition coefficient (Wildman–Crippen LogP) is 2.79. The van der Waals surface area contributed by atoms with Crippen molar-refractivity contribution in [3.05, 3.63) is 47.3 Å². The van der Waals surface area contributed by atoms with E-state index < -0.39 is 11.6 Å². The van der Waals surface area contributed by atoms with Crippen LogP contribution in [0.3, 0.4) is 0 Å². The summed E-state index contributed by atoms with van der Waals surface area (Å²) in [5.41, 5.74) is 1.86. The summed E-state index contributed by atoms with van der Waals surface area (Å²) >= 11 is 1.31. The first-order valence-corrected chi connectivity index (χ1v) is 7.38. The van der Waals surface area contributed by atoms with Crippen LogP contribution >= 0.6 is 11.8 Å². The Bertz CT molecular complexity index is 630. The Morgan fingerprint density at radius 1 is 1.38 bits per heavy atom. The van der Waals surface area contributed by atoms with Crippen LogP contribution in [0.1, 0.15) is 17.7 Å². The third-order valence-electron chi connectivity index (χ3n) is 2.90. The van der Waals surface area contributed by atoms with Crippen molar-refractivity contribution in [3.63, 3.8) is 0 Å². The summed E-state index contributed by atoms with van der Waals surface area (Å²) in [6.45, 7) is 2.31. The molecule has 0 fully saturated rings. The molecule has 0 saturated carbocycles. The fraction of sp³-hybridized carbons (Fsp3) is 0.286. The van der Waals surface area contributed by atoms with Gasteiger partial charge in [-0.05, 0) is 25.1 Å². The molecule has 1 heterocycles. The Labute approximate surface area is 125 Å². The van der Waals surface area contributed by atoms with Crippen LogP contribution in [0.4, 0.5) is 8.78 Å². The molecule has 0 aliphatic heterocycles. The van der Waals surface area contributed by atoms with Gasteiger partial charge in [-0.25, -0.2) is 8.78 Å². The number of amides is 1. The van der Waals surface area contributed by atoms with Gasteiger partial charge >= 0.3 is 0 Å². The van der Waals surface area contributed by atoms with Crippen LogP contribution in [-0.4, -0.2) is 21.9 Å². The number of nitrogens with one attached hydrogen (secondary N) is 2. The molecule has 7 heteroatoms. The Morgan fingerprint density at radius 3 is 2.86 bits per heavy atom. The molecule has 0 radical (unpaired) electrons. The van der Waals surface area contributed by atoms with E-state index in [1.807, 2.05) is 6.92 Å². The van der Waals surface area contributed by atoms with E-state index >= 15 is 0 Å². The third kappa shape index (κ3) is 4.56. The number of aromatic nitrogens is 2. The largest absolute Gasteiger partial charge is 0.352 e. The van der Waals surface area contributed by atoms with Gasteiger partial charge in [0.2, 0.25) is 5.91 Å². The van der Waals surface area contributed by atoms with Gasteiger partial charge in [0, 0.05) is 34.9 Å². The lowest BCUT2D eigenvalue weighted by Crippen LogP contribution is -2.23. The first kappa shape index (κ1) is 15.5. The molecule has 112 valence electrons. The third-order valence-corrected chi connectivity index (χ3v) is 3.89. The Hall–Kier alpha value is -1.89. The fourth-order valence-corrected chi connectivity index (χ4v) is 2.54. The zero-order valence-corrected chi connectivity index (χ0v) is 12.3. The zero-order valence-electron chi connectivity index (χ0n) is 11.5. The van der Waals surface area contributed by atoms with Crippen LogP contribution < -0.4 is 5.32 Å². The lowest BCUT2D eigenvalue weighted by molar-refractivity contribution is -0.120. The highest BCUT2D eigenvalue weighted by atomic mass is 32.2. The number of hydrogen-bond donors (Lipinski definition) is 2. The minimum absolute atomic E-state index is 0.0920. The number of nitrogens with zero attached hydrogens (tertiary/aromatic N) is 1. The van der Waals surface area contributed by atoms with Gasteiger partial charge in [-0.3, -0.25) is 9.89 Å². The van der Waals surface area contributed by atoms with Gasteiger partial charge < -0.3 is 5.32 Å². The van der Waals surface area contributed by atoms with E-state index in [1.54, 1.807) is 6.20 Å². The van der Waals surface area contributed by atoms with Gasteiger partial charge in [-0.15, -0.1) is 11.8 Å². The summed E-state index contributed by atoms with van der Waals surface area (Å²) < 4.78 is 25.8. The van der Waals surface area contributed by atoms with E-state index in [2.05, 4.69) is 15.5 Å². The number of benzene rings is 1. The summed E-state index contributed by atoms with van der Waals surface area (Å²) in [5.74, 6) is -1.33. The van der Waals surface area contributed by atoms with Crippen LogP contribution in [0.2, 0.25) is 0 Å². The highest BCUT2D eigenvalue weighted by molar-refractivity contribution is 7.99. The highest BCUT2D eigenvalue weighted by Gasteiger charge is 2.06. The van der Waals surface area contributed by atoms with Crippen LogP contribution in [0.25, 0.3) is 0 Å². The molecular weight excluding hydrogens is 296 g/mol. The predicted molar refractivity (Wildman–Crippen MR) is 76.9 cm³/mol. The van der Waals surface area contributed by atoms with Gasteiger partial charge in [0.25, 0.3) is 0 Å². The van der Waals surface area contributed by atoms with Crippen molar-refractivity contribution in [2.75, 3.05) is 5.75 Å². The number of hydrogen-bond acceptors (Lipinski definition) is 3. The molecule has 0 atom stereocenters. The van der Waals surface area contributed by atoms with E-state index in [4.69, 9.17) is 0 Å². The molecule has 2 N–H and O–H groups in total. The Balaban J connectivity index is 1.71. The average molecular weight is 311 g/mol. The van der Waals surface area contributed by atoms with Crippen LogP contribution in [0, 0.1) is 18.6 Å². The summed E-state index contributed by atoms with van der Waals surface area (Å²) in [6.07, 6.45) is 1.98. The van der Waals surface area contributed by atoms with Crippen molar-refractivity contribution in [2.24, 2.45) is 0 Å². The maximum absolute atomic E-state index is 13.0. The fourth-order valence-electron chi connectivity index (χ4n) is 1.66. The van der Waals surface area contributed by atoms with Gasteiger partial charge in [0.1, 0.15) is 0 Å². The molecule has 0 spiro atoms. The van der Waals surface area contributed by atoms with Crippen LogP contribution in [0.5, 0.6) is 0 Å². The summed E-state index contributed by atoms with van der Waals surface area (Å²) in [4.78, 5) is 12.3. The molecule has 1 aromatic heterocycles. The first-order chi connectivity index (χ1) is 10.1. The molecule has 0 saturated heterocycles. The zero-order chi connectivity index (χ0) is 15.2. The van der Waals surface area contributed by atoms with Crippen LogP contribution in [0.15, 0.2) is 29.3 Å². The number of carbonyl (C=O) groups is 1. The van der Waals surface area contributed by atoms with E-state index in [0.29, 0.717) is 23.6 Å². The molecule has 21 heavy (non-hydrogen) atoms. The molecule has 2 aromatic rings. The number of thioether (sulfide) groups is 1. The average Bonchev–Trinajstić information content (AvgIpc) is 2.86. The summed E-state index contributed by atoms with van der Waals surface area (Å²) in [7, 11) is 0. The lowest BCUT2D eigenvalue weighted by atomic mass is 10.2. The first-order valence-electron chi connectivity index (χ1n) is 6.39. The Kier molecular flexibility index (Phi) is 5.32. The SMILES string of the molecule is Cc1[nH]ncc1CNC(=O)CCSc1ccc(F)c(F)c1. The van der Waals surface area contributed by atoms with E-state index in [9.17, 15) is 13.6 Å². The van der Waals surface area contributed by atoms with Crippen molar-refractivity contribution in [2.45, 2.75) is 24.8 Å². The lowest BCUT2D eigenvalue weighted by Gasteiger charge is -2.05.